The predicted octanol–water partition coefficient (Wildman–Crippen LogP) is 3.23. The quantitative estimate of drug-likeness (QED) is 0.904. The number of nitrogens with one attached hydrogen (secondary N) is 1. The number of hydrogen-bond donors (Lipinski definition) is 1. The molecule has 0 amide bonds. The van der Waals surface area contributed by atoms with E-state index in [1.165, 1.54) is 10.4 Å². The number of nitrogens with zero attached hydrogens (tertiary/aromatic N) is 1. The number of halogens is 1. The van der Waals surface area contributed by atoms with Crippen LogP contribution in [0.4, 0.5) is 0 Å². The molecule has 1 N–H and O–H groups in total. The van der Waals surface area contributed by atoms with Crippen molar-refractivity contribution >= 4 is 22.9 Å². The number of aromatic nitrogens is 1. The lowest BCUT2D eigenvalue weighted by Gasteiger charge is -2.02. The Morgan fingerprint density at radius 2 is 2.06 bits per heavy atom. The van der Waals surface area contributed by atoms with Gasteiger partial charge in [0.05, 0.1) is 16.1 Å². The molecule has 1 heterocycles. The van der Waals surface area contributed by atoms with Crippen molar-refractivity contribution in [3.8, 4) is 10.4 Å². The third-order valence-corrected chi connectivity index (χ3v) is 3.53. The molecule has 0 spiro atoms. The fraction of sp³-hybridized carbons (Fsp3) is 0.250. The van der Waals surface area contributed by atoms with E-state index in [0.29, 0.717) is 0 Å². The molecule has 0 radical (unpaired) electrons. The lowest BCUT2D eigenvalue weighted by Crippen LogP contribution is -2.10. The van der Waals surface area contributed by atoms with Crippen molar-refractivity contribution in [1.82, 2.24) is 10.3 Å². The van der Waals surface area contributed by atoms with Crippen LogP contribution in [-0.2, 0) is 6.42 Å². The first-order chi connectivity index (χ1) is 7.81. The summed E-state index contributed by atoms with van der Waals surface area (Å²) in [6.07, 6.45) is 0.956. The van der Waals surface area contributed by atoms with E-state index in [2.05, 4.69) is 10.3 Å². The topological polar surface area (TPSA) is 24.9 Å². The molecule has 84 valence electrons. The lowest BCUT2D eigenvalue weighted by atomic mass is 10.1. The van der Waals surface area contributed by atoms with Crippen LogP contribution in [0.3, 0.4) is 0 Å². The molecule has 4 heteroatoms. The van der Waals surface area contributed by atoms with Gasteiger partial charge in [-0.1, -0.05) is 23.7 Å². The van der Waals surface area contributed by atoms with Gasteiger partial charge in [-0.05, 0) is 24.7 Å². The zero-order valence-electron chi connectivity index (χ0n) is 9.03. The van der Waals surface area contributed by atoms with E-state index in [-0.39, 0.29) is 0 Å². The van der Waals surface area contributed by atoms with Crippen molar-refractivity contribution < 1.29 is 0 Å². The van der Waals surface area contributed by atoms with Gasteiger partial charge < -0.3 is 5.32 Å². The molecule has 0 aliphatic heterocycles. The van der Waals surface area contributed by atoms with Gasteiger partial charge in [0, 0.05) is 18.0 Å². The Morgan fingerprint density at radius 3 is 2.75 bits per heavy atom. The van der Waals surface area contributed by atoms with Gasteiger partial charge in [0.25, 0.3) is 0 Å². The van der Waals surface area contributed by atoms with Crippen LogP contribution in [0.25, 0.3) is 10.4 Å². The van der Waals surface area contributed by atoms with Gasteiger partial charge in [0.15, 0.2) is 0 Å². The molecule has 2 nitrogen and oxygen atoms in total. The first-order valence-electron chi connectivity index (χ1n) is 5.14. The van der Waals surface area contributed by atoms with Gasteiger partial charge in [-0.15, -0.1) is 11.3 Å². The second-order valence-electron chi connectivity index (χ2n) is 3.49. The first-order valence-corrected chi connectivity index (χ1v) is 6.40. The van der Waals surface area contributed by atoms with Crippen LogP contribution in [0.5, 0.6) is 0 Å². The molecule has 0 aliphatic carbocycles. The summed E-state index contributed by atoms with van der Waals surface area (Å²) in [6.45, 7) is 0.949. The molecule has 2 aromatic rings. The maximum Gasteiger partial charge on any atom is 0.0801 e. The van der Waals surface area contributed by atoms with Gasteiger partial charge in [0.1, 0.15) is 0 Å². The lowest BCUT2D eigenvalue weighted by molar-refractivity contribution is 0.781. The largest absolute Gasteiger partial charge is 0.319 e. The second kappa shape index (κ2) is 5.43. The molecule has 16 heavy (non-hydrogen) atoms. The van der Waals surface area contributed by atoms with Crippen LogP contribution >= 0.6 is 22.9 Å². The van der Waals surface area contributed by atoms with E-state index in [9.17, 15) is 0 Å². The number of hydrogen-bond acceptors (Lipinski definition) is 3. The summed E-state index contributed by atoms with van der Waals surface area (Å²) < 4.78 is 0. The molecular weight excluding hydrogens is 240 g/mol. The van der Waals surface area contributed by atoms with E-state index >= 15 is 0 Å². The maximum atomic E-state index is 5.87. The van der Waals surface area contributed by atoms with E-state index in [1.54, 1.807) is 11.3 Å². The van der Waals surface area contributed by atoms with Crippen LogP contribution in [0.15, 0.2) is 29.8 Å². The number of rotatable bonds is 4. The molecule has 0 saturated heterocycles. The smallest absolute Gasteiger partial charge is 0.0801 e. The van der Waals surface area contributed by atoms with Crippen LogP contribution < -0.4 is 5.32 Å². The van der Waals surface area contributed by atoms with Crippen molar-refractivity contribution in [2.45, 2.75) is 6.42 Å². The summed E-state index contributed by atoms with van der Waals surface area (Å²) in [5, 5.41) is 3.91. The maximum absolute atomic E-state index is 5.87. The fourth-order valence-corrected chi connectivity index (χ4v) is 2.50. The normalized spacial score (nSPS) is 10.6. The van der Waals surface area contributed by atoms with E-state index < -0.39 is 0 Å². The Kier molecular flexibility index (Phi) is 3.93. The summed E-state index contributed by atoms with van der Waals surface area (Å²) >= 11 is 7.55. The average Bonchev–Trinajstić information content (AvgIpc) is 2.75. The van der Waals surface area contributed by atoms with Crippen LogP contribution in [0.2, 0.25) is 5.02 Å². The number of benzene rings is 1. The molecule has 0 unspecified atom stereocenters. The number of thiazole rings is 1. The molecule has 0 atom stereocenters. The third-order valence-electron chi connectivity index (χ3n) is 2.36. The third kappa shape index (κ3) is 2.61. The average molecular weight is 253 g/mol. The summed E-state index contributed by atoms with van der Waals surface area (Å²) in [7, 11) is 1.95. The van der Waals surface area contributed by atoms with Crippen molar-refractivity contribution in [2.75, 3.05) is 13.6 Å². The monoisotopic (exact) mass is 252 g/mol. The Morgan fingerprint density at radius 1 is 1.31 bits per heavy atom. The number of likely N-dealkylation sites (N-methyl/N-ethyl adjacent to an activating group) is 1. The van der Waals surface area contributed by atoms with Gasteiger partial charge in [0.2, 0.25) is 0 Å². The van der Waals surface area contributed by atoms with E-state index in [0.717, 1.165) is 23.7 Å². The standard InChI is InChI=1S/C12H13ClN2S/c1-14-7-6-11-12(16-8-15-11)9-2-4-10(13)5-3-9/h2-5,8,14H,6-7H2,1H3. The summed E-state index contributed by atoms with van der Waals surface area (Å²) in [6, 6.07) is 7.91. The van der Waals surface area contributed by atoms with Gasteiger partial charge in [-0.3, -0.25) is 0 Å². The zero-order chi connectivity index (χ0) is 11.4. The summed E-state index contributed by atoms with van der Waals surface area (Å²) in [5.41, 5.74) is 4.24. The Balaban J connectivity index is 2.26. The highest BCUT2D eigenvalue weighted by Crippen LogP contribution is 2.28. The van der Waals surface area contributed by atoms with Gasteiger partial charge in [-0.2, -0.15) is 0 Å². The predicted molar refractivity (Wildman–Crippen MR) is 70.2 cm³/mol. The highest BCUT2D eigenvalue weighted by Gasteiger charge is 2.07. The summed E-state index contributed by atoms with van der Waals surface area (Å²) in [4.78, 5) is 5.64. The molecule has 0 fully saturated rings. The van der Waals surface area contributed by atoms with Crippen molar-refractivity contribution in [1.29, 1.82) is 0 Å². The molecule has 1 aromatic carbocycles. The summed E-state index contributed by atoms with van der Waals surface area (Å²) in [5.74, 6) is 0. The van der Waals surface area contributed by atoms with Crippen LogP contribution in [0.1, 0.15) is 5.69 Å². The van der Waals surface area contributed by atoms with Gasteiger partial charge >= 0.3 is 0 Å². The van der Waals surface area contributed by atoms with Crippen LogP contribution in [-0.4, -0.2) is 18.6 Å². The van der Waals surface area contributed by atoms with Crippen molar-refractivity contribution in [3.63, 3.8) is 0 Å². The minimum Gasteiger partial charge on any atom is -0.319 e. The zero-order valence-corrected chi connectivity index (χ0v) is 10.6. The molecule has 2 rings (SSSR count). The highest BCUT2D eigenvalue weighted by atomic mass is 35.5. The Labute approximate surface area is 104 Å². The second-order valence-corrected chi connectivity index (χ2v) is 4.78. The molecule has 0 aliphatic rings. The minimum absolute atomic E-state index is 0.769. The van der Waals surface area contributed by atoms with Crippen molar-refractivity contribution in [3.05, 3.63) is 40.5 Å². The van der Waals surface area contributed by atoms with Crippen molar-refractivity contribution in [2.24, 2.45) is 0 Å². The Hall–Kier alpha value is -0.900. The molecule has 0 bridgehead atoms. The molecular formula is C12H13ClN2S. The Bertz CT molecular complexity index is 450. The molecule has 0 saturated carbocycles. The fourth-order valence-electron chi connectivity index (χ4n) is 1.53. The first kappa shape index (κ1) is 11.6. The van der Waals surface area contributed by atoms with Crippen LogP contribution in [0, 0.1) is 0 Å². The minimum atomic E-state index is 0.769. The van der Waals surface area contributed by atoms with Gasteiger partial charge in [-0.25, -0.2) is 4.98 Å². The van der Waals surface area contributed by atoms with E-state index in [4.69, 9.17) is 11.6 Å². The molecule has 1 aromatic heterocycles. The van der Waals surface area contributed by atoms with E-state index in [1.807, 2.05) is 36.8 Å². The SMILES string of the molecule is CNCCc1ncsc1-c1ccc(Cl)cc1. The highest BCUT2D eigenvalue weighted by molar-refractivity contribution is 7.13.